The second kappa shape index (κ2) is 4.96. The van der Waals surface area contributed by atoms with Crippen LogP contribution in [0.15, 0.2) is 0 Å². The first-order valence-electron chi connectivity index (χ1n) is 6.38. The molecule has 0 aromatic carbocycles. The van der Waals surface area contributed by atoms with E-state index >= 15 is 0 Å². The molecule has 2 aliphatic rings. The Morgan fingerprint density at radius 2 is 1.94 bits per heavy atom. The predicted molar refractivity (Wildman–Crippen MR) is 62.8 cm³/mol. The van der Waals surface area contributed by atoms with Crippen LogP contribution in [-0.2, 0) is 14.4 Å². The lowest BCUT2D eigenvalue weighted by Crippen LogP contribution is -2.59. The fourth-order valence-electron chi connectivity index (χ4n) is 2.68. The summed E-state index contributed by atoms with van der Waals surface area (Å²) in [7, 11) is 0. The van der Waals surface area contributed by atoms with Crippen LogP contribution in [0.4, 0.5) is 0 Å². The fourth-order valence-corrected chi connectivity index (χ4v) is 2.68. The summed E-state index contributed by atoms with van der Waals surface area (Å²) < 4.78 is 0. The van der Waals surface area contributed by atoms with E-state index in [-0.39, 0.29) is 11.8 Å². The monoisotopic (exact) mass is 254 g/mol. The van der Waals surface area contributed by atoms with Gasteiger partial charge in [-0.1, -0.05) is 19.3 Å². The van der Waals surface area contributed by atoms with Gasteiger partial charge in [0.25, 0.3) is 0 Å². The Hall–Kier alpha value is -1.59. The van der Waals surface area contributed by atoms with Gasteiger partial charge in [0, 0.05) is 6.42 Å². The molecule has 6 heteroatoms. The molecule has 1 saturated heterocycles. The summed E-state index contributed by atoms with van der Waals surface area (Å²) in [6.45, 7) is 0. The zero-order valence-corrected chi connectivity index (χ0v) is 10.2. The van der Waals surface area contributed by atoms with Crippen molar-refractivity contribution in [3.63, 3.8) is 0 Å². The van der Waals surface area contributed by atoms with Gasteiger partial charge in [-0.3, -0.25) is 9.59 Å². The lowest BCUT2D eigenvalue weighted by molar-refractivity contribution is -0.149. The molecule has 0 bridgehead atoms. The molecular weight excluding hydrogens is 236 g/mol. The molecule has 1 aliphatic heterocycles. The topological polar surface area (TPSA) is 95.5 Å². The first-order valence-corrected chi connectivity index (χ1v) is 6.38. The molecule has 6 nitrogen and oxygen atoms in total. The largest absolute Gasteiger partial charge is 0.480 e. The molecule has 18 heavy (non-hydrogen) atoms. The molecule has 2 rings (SSSR count). The van der Waals surface area contributed by atoms with Crippen molar-refractivity contribution in [1.82, 2.24) is 10.6 Å². The first-order chi connectivity index (χ1) is 8.53. The number of carbonyl (C=O) groups is 3. The van der Waals surface area contributed by atoms with Gasteiger partial charge in [0.15, 0.2) is 0 Å². The number of hydrogen-bond acceptors (Lipinski definition) is 3. The Morgan fingerprint density at radius 1 is 1.28 bits per heavy atom. The van der Waals surface area contributed by atoms with Crippen LogP contribution in [0.2, 0.25) is 0 Å². The van der Waals surface area contributed by atoms with E-state index in [9.17, 15) is 19.5 Å². The van der Waals surface area contributed by atoms with E-state index in [0.29, 0.717) is 25.7 Å². The van der Waals surface area contributed by atoms with Crippen LogP contribution in [0.3, 0.4) is 0 Å². The summed E-state index contributed by atoms with van der Waals surface area (Å²) >= 11 is 0. The van der Waals surface area contributed by atoms with E-state index in [2.05, 4.69) is 10.6 Å². The predicted octanol–water partition coefficient (Wildman–Crippen LogP) is 0.169. The summed E-state index contributed by atoms with van der Waals surface area (Å²) in [5, 5.41) is 14.5. The molecular formula is C12H18N2O4. The lowest BCUT2D eigenvalue weighted by Gasteiger charge is -2.34. The standard InChI is InChI=1S/C12H18N2O4/c15-9-5-4-8(13-9)10(16)14-12(11(17)18)6-2-1-3-7-12/h8H,1-7H2,(H,13,15)(H,14,16)(H,17,18). The third-order valence-corrected chi connectivity index (χ3v) is 3.79. The third kappa shape index (κ3) is 2.47. The SMILES string of the molecule is O=C1CCC(C(=O)NC2(C(=O)O)CCCCC2)N1. The van der Waals surface area contributed by atoms with E-state index in [1.54, 1.807) is 0 Å². The highest BCUT2D eigenvalue weighted by atomic mass is 16.4. The van der Waals surface area contributed by atoms with Crippen molar-refractivity contribution >= 4 is 17.8 Å². The van der Waals surface area contributed by atoms with E-state index in [0.717, 1.165) is 19.3 Å². The molecule has 0 aromatic heterocycles. The number of hydrogen-bond donors (Lipinski definition) is 3. The Morgan fingerprint density at radius 3 is 2.44 bits per heavy atom. The second-order valence-corrected chi connectivity index (χ2v) is 5.10. The van der Waals surface area contributed by atoms with Gasteiger partial charge in [0.1, 0.15) is 11.6 Å². The summed E-state index contributed by atoms with van der Waals surface area (Å²) in [4.78, 5) is 34.4. The van der Waals surface area contributed by atoms with Crippen molar-refractivity contribution in [3.05, 3.63) is 0 Å². The summed E-state index contributed by atoms with van der Waals surface area (Å²) in [5.74, 6) is -1.49. The van der Waals surface area contributed by atoms with E-state index < -0.39 is 17.6 Å². The molecule has 2 amide bonds. The molecule has 0 spiro atoms. The molecule has 1 unspecified atom stereocenters. The molecule has 1 saturated carbocycles. The van der Waals surface area contributed by atoms with Crippen LogP contribution in [0.1, 0.15) is 44.9 Å². The Kier molecular flexibility index (Phi) is 3.54. The zero-order valence-electron chi connectivity index (χ0n) is 10.2. The van der Waals surface area contributed by atoms with Crippen molar-refractivity contribution in [2.45, 2.75) is 56.5 Å². The molecule has 100 valence electrons. The number of carboxylic acids is 1. The molecule has 3 N–H and O–H groups in total. The normalized spacial score (nSPS) is 26.4. The van der Waals surface area contributed by atoms with Gasteiger partial charge < -0.3 is 15.7 Å². The number of nitrogens with one attached hydrogen (secondary N) is 2. The third-order valence-electron chi connectivity index (χ3n) is 3.79. The van der Waals surface area contributed by atoms with Crippen molar-refractivity contribution in [1.29, 1.82) is 0 Å². The zero-order chi connectivity index (χ0) is 13.2. The molecule has 0 aromatic rings. The van der Waals surface area contributed by atoms with Crippen molar-refractivity contribution in [3.8, 4) is 0 Å². The molecule has 1 heterocycles. The Balaban J connectivity index is 2.02. The van der Waals surface area contributed by atoms with Gasteiger partial charge in [-0.25, -0.2) is 4.79 Å². The highest BCUT2D eigenvalue weighted by molar-refractivity contribution is 5.94. The van der Waals surface area contributed by atoms with Crippen molar-refractivity contribution in [2.24, 2.45) is 0 Å². The van der Waals surface area contributed by atoms with Crippen LogP contribution in [-0.4, -0.2) is 34.5 Å². The second-order valence-electron chi connectivity index (χ2n) is 5.10. The summed E-state index contributed by atoms with van der Waals surface area (Å²) in [6, 6.07) is -0.573. The Bertz CT molecular complexity index is 374. The number of carbonyl (C=O) groups excluding carboxylic acids is 2. The maximum atomic E-state index is 12.0. The van der Waals surface area contributed by atoms with Gasteiger partial charge in [-0.15, -0.1) is 0 Å². The summed E-state index contributed by atoms with van der Waals surface area (Å²) in [6.07, 6.45) is 4.33. The average molecular weight is 254 g/mol. The fraction of sp³-hybridized carbons (Fsp3) is 0.750. The minimum atomic E-state index is -1.14. The smallest absolute Gasteiger partial charge is 0.329 e. The van der Waals surface area contributed by atoms with Crippen LogP contribution in [0.25, 0.3) is 0 Å². The van der Waals surface area contributed by atoms with Crippen molar-refractivity contribution in [2.75, 3.05) is 0 Å². The van der Waals surface area contributed by atoms with Crippen LogP contribution in [0, 0.1) is 0 Å². The molecule has 1 aliphatic carbocycles. The number of rotatable bonds is 3. The average Bonchev–Trinajstić information content (AvgIpc) is 2.77. The van der Waals surface area contributed by atoms with Crippen LogP contribution >= 0.6 is 0 Å². The van der Waals surface area contributed by atoms with Crippen molar-refractivity contribution < 1.29 is 19.5 Å². The molecule has 0 radical (unpaired) electrons. The van der Waals surface area contributed by atoms with E-state index in [1.807, 2.05) is 0 Å². The number of aliphatic carboxylic acids is 1. The first kappa shape index (κ1) is 12.9. The van der Waals surface area contributed by atoms with E-state index in [1.165, 1.54) is 0 Å². The van der Waals surface area contributed by atoms with Crippen LogP contribution in [0.5, 0.6) is 0 Å². The summed E-state index contributed by atoms with van der Waals surface area (Å²) in [5.41, 5.74) is -1.14. The van der Waals surface area contributed by atoms with Gasteiger partial charge >= 0.3 is 5.97 Å². The number of carboxylic acid groups (broad SMARTS) is 1. The molecule has 1 atom stereocenters. The quantitative estimate of drug-likeness (QED) is 0.669. The highest BCUT2D eigenvalue weighted by Crippen LogP contribution is 2.28. The maximum Gasteiger partial charge on any atom is 0.329 e. The Labute approximate surface area is 105 Å². The highest BCUT2D eigenvalue weighted by Gasteiger charge is 2.42. The minimum absolute atomic E-state index is 0.150. The van der Waals surface area contributed by atoms with Gasteiger partial charge in [0.05, 0.1) is 0 Å². The van der Waals surface area contributed by atoms with Gasteiger partial charge in [-0.2, -0.15) is 0 Å². The maximum absolute atomic E-state index is 12.0. The molecule has 2 fully saturated rings. The number of amides is 2. The minimum Gasteiger partial charge on any atom is -0.480 e. The lowest BCUT2D eigenvalue weighted by atomic mass is 9.81. The van der Waals surface area contributed by atoms with Crippen LogP contribution < -0.4 is 10.6 Å². The van der Waals surface area contributed by atoms with Gasteiger partial charge in [-0.05, 0) is 19.3 Å². The van der Waals surface area contributed by atoms with Gasteiger partial charge in [0.2, 0.25) is 11.8 Å². The van der Waals surface area contributed by atoms with E-state index in [4.69, 9.17) is 0 Å².